The molecular weight excluding hydrogens is 320 g/mol. The maximum Gasteiger partial charge on any atom is 0.336 e. The molecule has 1 aromatic heterocycles. The Kier molecular flexibility index (Phi) is 5.03. The molecule has 1 N–H and O–H groups in total. The quantitative estimate of drug-likeness (QED) is 0.682. The molecule has 25 heavy (non-hydrogen) atoms. The van der Waals surface area contributed by atoms with Crippen LogP contribution in [-0.4, -0.2) is 18.1 Å². The van der Waals surface area contributed by atoms with Crippen LogP contribution < -0.4 is 15.7 Å². The summed E-state index contributed by atoms with van der Waals surface area (Å²) in [5.41, 5.74) is -0.818. The lowest BCUT2D eigenvalue weighted by atomic mass is 9.92. The third-order valence-electron chi connectivity index (χ3n) is 4.51. The largest absolute Gasteiger partial charge is 0.484 e. The molecule has 0 atom stereocenters. The van der Waals surface area contributed by atoms with Crippen LogP contribution in [0.2, 0.25) is 0 Å². The Morgan fingerprint density at radius 2 is 1.92 bits per heavy atom. The fourth-order valence-electron chi connectivity index (χ4n) is 3.18. The van der Waals surface area contributed by atoms with Gasteiger partial charge in [-0.05, 0) is 31.0 Å². The monoisotopic (exact) mass is 340 g/mol. The minimum atomic E-state index is -0.785. The minimum Gasteiger partial charge on any atom is -0.484 e. The molecule has 0 radical (unpaired) electrons. The van der Waals surface area contributed by atoms with E-state index in [1.807, 2.05) is 0 Å². The van der Waals surface area contributed by atoms with Gasteiger partial charge in [-0.2, -0.15) is 5.26 Å². The third-order valence-corrected chi connectivity index (χ3v) is 4.51. The van der Waals surface area contributed by atoms with Gasteiger partial charge in [-0.25, -0.2) is 4.79 Å². The summed E-state index contributed by atoms with van der Waals surface area (Å²) in [4.78, 5) is 23.5. The highest BCUT2D eigenvalue weighted by Crippen LogP contribution is 2.26. The molecule has 1 fully saturated rings. The SMILES string of the molecule is N#CC1(NC(=O)COc2ccc3ccc(=O)oc3c2)CCCCCC1. The third kappa shape index (κ3) is 4.18. The number of rotatable bonds is 4. The van der Waals surface area contributed by atoms with E-state index in [0.717, 1.165) is 31.1 Å². The van der Waals surface area contributed by atoms with E-state index in [1.54, 1.807) is 24.3 Å². The molecule has 130 valence electrons. The van der Waals surface area contributed by atoms with E-state index in [2.05, 4.69) is 11.4 Å². The van der Waals surface area contributed by atoms with Gasteiger partial charge in [0.1, 0.15) is 16.9 Å². The first-order valence-electron chi connectivity index (χ1n) is 8.49. The molecule has 3 rings (SSSR count). The van der Waals surface area contributed by atoms with Gasteiger partial charge in [-0.3, -0.25) is 4.79 Å². The van der Waals surface area contributed by atoms with Gasteiger partial charge < -0.3 is 14.5 Å². The topological polar surface area (TPSA) is 92.3 Å². The average Bonchev–Trinajstić information content (AvgIpc) is 2.85. The van der Waals surface area contributed by atoms with Crippen LogP contribution in [-0.2, 0) is 4.79 Å². The van der Waals surface area contributed by atoms with E-state index in [0.29, 0.717) is 24.2 Å². The van der Waals surface area contributed by atoms with Crippen LogP contribution in [0.1, 0.15) is 38.5 Å². The zero-order valence-electron chi connectivity index (χ0n) is 13.9. The van der Waals surface area contributed by atoms with Crippen molar-refractivity contribution in [3.63, 3.8) is 0 Å². The number of benzene rings is 1. The molecule has 0 unspecified atom stereocenters. The first-order valence-corrected chi connectivity index (χ1v) is 8.49. The van der Waals surface area contributed by atoms with Crippen LogP contribution in [0.5, 0.6) is 5.75 Å². The Balaban J connectivity index is 1.63. The number of nitriles is 1. The second kappa shape index (κ2) is 7.39. The molecular formula is C19H20N2O4. The fraction of sp³-hybridized carbons (Fsp3) is 0.421. The highest BCUT2D eigenvalue weighted by molar-refractivity contribution is 5.80. The van der Waals surface area contributed by atoms with Crippen molar-refractivity contribution >= 4 is 16.9 Å². The molecule has 6 heteroatoms. The lowest BCUT2D eigenvalue weighted by molar-refractivity contribution is -0.124. The zero-order valence-corrected chi connectivity index (χ0v) is 13.9. The number of carbonyl (C=O) groups is 1. The normalized spacial score (nSPS) is 16.6. The highest BCUT2D eigenvalue weighted by Gasteiger charge is 2.32. The summed E-state index contributed by atoms with van der Waals surface area (Å²) in [5, 5.41) is 13.1. The van der Waals surface area contributed by atoms with E-state index < -0.39 is 11.2 Å². The van der Waals surface area contributed by atoms with Crippen molar-refractivity contribution in [2.24, 2.45) is 0 Å². The maximum atomic E-state index is 12.2. The molecule has 1 saturated carbocycles. The van der Waals surface area contributed by atoms with Crippen molar-refractivity contribution in [1.82, 2.24) is 5.32 Å². The Morgan fingerprint density at radius 3 is 2.64 bits per heavy atom. The molecule has 6 nitrogen and oxygen atoms in total. The van der Waals surface area contributed by atoms with Gasteiger partial charge in [-0.15, -0.1) is 0 Å². The van der Waals surface area contributed by atoms with E-state index in [9.17, 15) is 14.9 Å². The van der Waals surface area contributed by atoms with Crippen LogP contribution in [0.3, 0.4) is 0 Å². The van der Waals surface area contributed by atoms with Crippen molar-refractivity contribution in [3.8, 4) is 11.8 Å². The standard InChI is InChI=1S/C19H20N2O4/c20-13-19(9-3-1-2-4-10-19)21-17(22)12-24-15-7-5-14-6-8-18(23)25-16(14)11-15/h5-8,11H,1-4,9-10,12H2,(H,21,22). The summed E-state index contributed by atoms with van der Waals surface area (Å²) in [6, 6.07) is 10.3. The first-order chi connectivity index (χ1) is 12.1. The van der Waals surface area contributed by atoms with Crippen LogP contribution >= 0.6 is 0 Å². The van der Waals surface area contributed by atoms with E-state index in [4.69, 9.17) is 9.15 Å². The molecule has 1 aliphatic carbocycles. The average molecular weight is 340 g/mol. The number of hydrogen-bond donors (Lipinski definition) is 1. The molecule has 2 aromatic rings. The van der Waals surface area contributed by atoms with E-state index >= 15 is 0 Å². The van der Waals surface area contributed by atoms with Crippen molar-refractivity contribution in [1.29, 1.82) is 5.26 Å². The van der Waals surface area contributed by atoms with Gasteiger partial charge in [0.2, 0.25) is 0 Å². The van der Waals surface area contributed by atoms with E-state index in [1.165, 1.54) is 6.07 Å². The smallest absolute Gasteiger partial charge is 0.336 e. The number of ether oxygens (including phenoxy) is 1. The van der Waals surface area contributed by atoms with Crippen LogP contribution in [0.4, 0.5) is 0 Å². The first kappa shape index (κ1) is 17.0. The molecule has 0 bridgehead atoms. The molecule has 1 aliphatic rings. The number of carbonyl (C=O) groups excluding carboxylic acids is 1. The zero-order chi connectivity index (χ0) is 17.7. The van der Waals surface area contributed by atoms with Crippen molar-refractivity contribution in [2.45, 2.75) is 44.1 Å². The highest BCUT2D eigenvalue weighted by atomic mass is 16.5. The number of nitrogens with zero attached hydrogens (tertiary/aromatic N) is 1. The summed E-state index contributed by atoms with van der Waals surface area (Å²) in [5.74, 6) is 0.113. The minimum absolute atomic E-state index is 0.188. The second-order valence-corrected chi connectivity index (χ2v) is 6.40. The maximum absolute atomic E-state index is 12.2. The van der Waals surface area contributed by atoms with Gasteiger partial charge in [0.25, 0.3) is 5.91 Å². The Hall–Kier alpha value is -2.81. The van der Waals surface area contributed by atoms with Crippen LogP contribution in [0.15, 0.2) is 39.5 Å². The second-order valence-electron chi connectivity index (χ2n) is 6.40. The van der Waals surface area contributed by atoms with Gasteiger partial charge in [0, 0.05) is 17.5 Å². The Labute approximate surface area is 145 Å². The number of hydrogen-bond acceptors (Lipinski definition) is 5. The summed E-state index contributed by atoms with van der Waals surface area (Å²) in [6.07, 6.45) is 5.43. The number of amides is 1. The lowest BCUT2D eigenvalue weighted by Crippen LogP contribution is -2.48. The Morgan fingerprint density at radius 1 is 1.20 bits per heavy atom. The summed E-state index contributed by atoms with van der Waals surface area (Å²) in [6.45, 7) is -0.188. The van der Waals surface area contributed by atoms with Crippen molar-refractivity contribution in [2.75, 3.05) is 6.61 Å². The predicted molar refractivity (Wildman–Crippen MR) is 92.2 cm³/mol. The summed E-state index contributed by atoms with van der Waals surface area (Å²) < 4.78 is 10.6. The molecule has 0 spiro atoms. The van der Waals surface area contributed by atoms with Gasteiger partial charge in [0.15, 0.2) is 6.61 Å². The fourth-order valence-corrected chi connectivity index (χ4v) is 3.18. The summed E-state index contributed by atoms with van der Waals surface area (Å²) in [7, 11) is 0. The van der Waals surface area contributed by atoms with Gasteiger partial charge in [0.05, 0.1) is 6.07 Å². The molecule has 1 heterocycles. The lowest BCUT2D eigenvalue weighted by Gasteiger charge is -2.26. The summed E-state index contributed by atoms with van der Waals surface area (Å²) >= 11 is 0. The Bertz CT molecular complexity index is 858. The van der Waals surface area contributed by atoms with Gasteiger partial charge in [-0.1, -0.05) is 25.7 Å². The molecule has 0 saturated heterocycles. The molecule has 0 aliphatic heterocycles. The van der Waals surface area contributed by atoms with Crippen LogP contribution in [0.25, 0.3) is 11.0 Å². The van der Waals surface area contributed by atoms with Crippen molar-refractivity contribution < 1.29 is 13.9 Å². The number of nitrogens with one attached hydrogen (secondary N) is 1. The van der Waals surface area contributed by atoms with E-state index in [-0.39, 0.29) is 12.5 Å². The molecule has 1 aromatic carbocycles. The predicted octanol–water partition coefficient (Wildman–Crippen LogP) is 2.90. The van der Waals surface area contributed by atoms with Crippen molar-refractivity contribution in [3.05, 3.63) is 40.8 Å². The van der Waals surface area contributed by atoms with Crippen LogP contribution in [0, 0.1) is 11.3 Å². The van der Waals surface area contributed by atoms with Gasteiger partial charge >= 0.3 is 5.63 Å². The molecule has 1 amide bonds. The number of fused-ring (bicyclic) bond motifs is 1.